The summed E-state index contributed by atoms with van der Waals surface area (Å²) in [6.07, 6.45) is 4.52. The van der Waals surface area contributed by atoms with Crippen molar-refractivity contribution in [3.8, 4) is 17.2 Å². The number of imidazole rings is 1. The molecule has 0 spiro atoms. The molecular weight excluding hydrogens is 452 g/mol. The number of ether oxygens (including phenoxy) is 1. The molecule has 0 unspecified atom stereocenters. The molecule has 0 amide bonds. The first-order chi connectivity index (χ1) is 17.7. The second-order valence-electron chi connectivity index (χ2n) is 8.44. The minimum absolute atomic E-state index is 0.238. The smallest absolute Gasteiger partial charge is 0.164 e. The van der Waals surface area contributed by atoms with Gasteiger partial charge in [-0.3, -0.25) is 19.9 Å². The number of aromatic nitrogens is 4. The van der Waals surface area contributed by atoms with E-state index >= 15 is 0 Å². The average Bonchev–Trinajstić information content (AvgIpc) is 3.32. The highest BCUT2D eigenvalue weighted by atomic mass is 16.5. The second kappa shape index (κ2) is 9.20. The fraction of sp³-hybridized carbons (Fsp3) is 0.148. The molecule has 0 radical (unpaired) electrons. The van der Waals surface area contributed by atoms with Gasteiger partial charge in [-0.1, -0.05) is 24.3 Å². The number of benzene rings is 2. The molecule has 5 aromatic rings. The normalized spacial score (nSPS) is 14.4. The van der Waals surface area contributed by atoms with E-state index in [1.54, 1.807) is 6.20 Å². The summed E-state index contributed by atoms with van der Waals surface area (Å²) < 4.78 is 7.69. The Balaban J connectivity index is 1.73. The maximum atomic E-state index is 7.48. The number of pyridine rings is 2. The second-order valence-corrected chi connectivity index (χ2v) is 8.44. The number of anilines is 1. The molecule has 36 heavy (non-hydrogen) atoms. The highest BCUT2D eigenvalue weighted by Gasteiger charge is 2.23. The molecule has 2 aromatic carbocycles. The van der Waals surface area contributed by atoms with Crippen molar-refractivity contribution in [2.75, 3.05) is 31.2 Å². The number of morpholine rings is 1. The van der Waals surface area contributed by atoms with Crippen molar-refractivity contribution >= 4 is 39.8 Å². The van der Waals surface area contributed by atoms with Gasteiger partial charge < -0.3 is 15.4 Å². The Morgan fingerprint density at radius 2 is 1.83 bits per heavy atom. The van der Waals surface area contributed by atoms with Gasteiger partial charge in [-0.2, -0.15) is 0 Å². The summed E-state index contributed by atoms with van der Waals surface area (Å²) in [5.41, 5.74) is 12.2. The third-order valence-electron chi connectivity index (χ3n) is 6.36. The third kappa shape index (κ3) is 3.75. The Morgan fingerprint density at radius 1 is 1.00 bits per heavy atom. The first-order valence-electron chi connectivity index (χ1n) is 11.7. The molecule has 0 saturated carbocycles. The van der Waals surface area contributed by atoms with E-state index in [4.69, 9.17) is 20.9 Å². The average molecular weight is 477 g/mol. The van der Waals surface area contributed by atoms with Crippen LogP contribution in [0.15, 0.2) is 78.0 Å². The highest BCUT2D eigenvalue weighted by Crippen LogP contribution is 2.35. The van der Waals surface area contributed by atoms with Gasteiger partial charge in [0.1, 0.15) is 23.4 Å². The predicted molar refractivity (Wildman–Crippen MR) is 142 cm³/mol. The molecule has 6 rings (SSSR count). The zero-order valence-electron chi connectivity index (χ0n) is 19.5. The number of fused-ring (bicyclic) bond motifs is 2. The Bertz CT molecular complexity index is 1600. The lowest BCUT2D eigenvalue weighted by Crippen LogP contribution is -2.36. The van der Waals surface area contributed by atoms with Gasteiger partial charge >= 0.3 is 0 Å². The molecule has 0 aliphatic carbocycles. The quantitative estimate of drug-likeness (QED) is 0.294. The van der Waals surface area contributed by atoms with Gasteiger partial charge in [0.2, 0.25) is 0 Å². The Kier molecular flexibility index (Phi) is 5.59. The summed E-state index contributed by atoms with van der Waals surface area (Å²) in [7, 11) is 0. The van der Waals surface area contributed by atoms with Crippen LogP contribution in [-0.4, -0.2) is 58.0 Å². The lowest BCUT2D eigenvalue weighted by atomic mass is 10.1. The molecule has 3 N–H and O–H groups in total. The van der Waals surface area contributed by atoms with Crippen molar-refractivity contribution in [2.24, 2.45) is 10.7 Å². The van der Waals surface area contributed by atoms with Crippen molar-refractivity contribution in [1.82, 2.24) is 19.5 Å². The van der Waals surface area contributed by atoms with Crippen LogP contribution >= 0.6 is 0 Å². The number of nitrogens with one attached hydrogen (secondary N) is 1. The van der Waals surface area contributed by atoms with Crippen LogP contribution in [-0.2, 0) is 4.74 Å². The number of nitrogens with two attached hydrogens (primary N) is 1. The van der Waals surface area contributed by atoms with Gasteiger partial charge in [0.15, 0.2) is 5.82 Å². The predicted octanol–water partition coefficient (Wildman–Crippen LogP) is 3.78. The largest absolute Gasteiger partial charge is 0.383 e. The van der Waals surface area contributed by atoms with Crippen LogP contribution in [0.25, 0.3) is 39.1 Å². The van der Waals surface area contributed by atoms with E-state index in [-0.39, 0.29) is 5.84 Å². The molecule has 9 nitrogen and oxygen atoms in total. The number of rotatable bonds is 5. The van der Waals surface area contributed by atoms with Crippen molar-refractivity contribution in [1.29, 1.82) is 5.41 Å². The molecule has 1 aliphatic rings. The lowest BCUT2D eigenvalue weighted by molar-refractivity contribution is 0.122. The molecule has 0 atom stereocenters. The van der Waals surface area contributed by atoms with Gasteiger partial charge in [-0.05, 0) is 36.4 Å². The first kappa shape index (κ1) is 21.9. The molecule has 0 bridgehead atoms. The molecule has 178 valence electrons. The van der Waals surface area contributed by atoms with E-state index in [0.717, 1.165) is 52.9 Å². The van der Waals surface area contributed by atoms with E-state index in [2.05, 4.69) is 36.6 Å². The van der Waals surface area contributed by atoms with Crippen molar-refractivity contribution in [3.05, 3.63) is 78.6 Å². The monoisotopic (exact) mass is 476 g/mol. The molecule has 9 heteroatoms. The number of aliphatic imine (C=N–C) groups is 1. The van der Waals surface area contributed by atoms with Crippen LogP contribution in [0.4, 0.5) is 5.69 Å². The van der Waals surface area contributed by atoms with Crippen LogP contribution in [0, 0.1) is 5.41 Å². The summed E-state index contributed by atoms with van der Waals surface area (Å²) in [4.78, 5) is 20.6. The minimum atomic E-state index is 0.238. The number of amidine groups is 1. The van der Waals surface area contributed by atoms with Crippen molar-refractivity contribution < 1.29 is 4.74 Å². The van der Waals surface area contributed by atoms with Gasteiger partial charge in [0.05, 0.1) is 29.9 Å². The van der Waals surface area contributed by atoms with Crippen LogP contribution in [0.5, 0.6) is 0 Å². The maximum absolute atomic E-state index is 7.48. The minimum Gasteiger partial charge on any atom is -0.383 e. The van der Waals surface area contributed by atoms with Gasteiger partial charge in [0.25, 0.3) is 0 Å². The number of hydrogen-bond donors (Lipinski definition) is 2. The van der Waals surface area contributed by atoms with Gasteiger partial charge in [-0.15, -0.1) is 0 Å². The Morgan fingerprint density at radius 3 is 2.64 bits per heavy atom. The fourth-order valence-electron chi connectivity index (χ4n) is 4.69. The zero-order valence-corrected chi connectivity index (χ0v) is 19.5. The number of para-hydroxylation sites is 1. The summed E-state index contributed by atoms with van der Waals surface area (Å²) in [5, 5.41) is 8.48. The number of hydrogen-bond acceptors (Lipinski definition) is 6. The zero-order chi connectivity index (χ0) is 24.5. The maximum Gasteiger partial charge on any atom is 0.164 e. The van der Waals surface area contributed by atoms with E-state index in [1.165, 1.54) is 0 Å². The molecule has 1 saturated heterocycles. The van der Waals surface area contributed by atoms with Crippen LogP contribution in [0.2, 0.25) is 0 Å². The number of nitrogens with zero attached hydrogens (tertiary/aromatic N) is 6. The van der Waals surface area contributed by atoms with E-state index in [0.29, 0.717) is 30.1 Å². The van der Waals surface area contributed by atoms with E-state index in [1.807, 2.05) is 54.7 Å². The van der Waals surface area contributed by atoms with Crippen molar-refractivity contribution in [2.45, 2.75) is 0 Å². The highest BCUT2D eigenvalue weighted by molar-refractivity contribution is 6.11. The van der Waals surface area contributed by atoms with Crippen LogP contribution < -0.4 is 10.6 Å². The van der Waals surface area contributed by atoms with Crippen LogP contribution in [0.3, 0.4) is 0 Å². The van der Waals surface area contributed by atoms with Crippen LogP contribution in [0.1, 0.15) is 5.56 Å². The van der Waals surface area contributed by atoms with E-state index in [9.17, 15) is 0 Å². The van der Waals surface area contributed by atoms with Gasteiger partial charge in [-0.25, -0.2) is 9.98 Å². The topological polar surface area (TPSA) is 118 Å². The Hall–Kier alpha value is -4.63. The molecule has 1 aliphatic heterocycles. The van der Waals surface area contributed by atoms with E-state index < -0.39 is 0 Å². The molecule has 1 fully saturated rings. The standard InChI is InChI=1S/C27H24N8O/c28-17-32-26(29)20-15-18(34-11-13-36-14-12-34)16-24-25(20)33-27(22-7-3-4-9-30-22)35(24)23-8-10-31-21-6-2-1-5-19(21)23/h1-10,15-17H,11-14H2,(H3,28,29,32). The molecular formula is C27H24N8O. The molecule has 4 heterocycles. The van der Waals surface area contributed by atoms with Gasteiger partial charge in [0, 0.05) is 42.1 Å². The van der Waals surface area contributed by atoms with Crippen molar-refractivity contribution in [3.63, 3.8) is 0 Å². The lowest BCUT2D eigenvalue weighted by Gasteiger charge is -2.29. The first-order valence-corrected chi connectivity index (χ1v) is 11.7. The summed E-state index contributed by atoms with van der Waals surface area (Å²) in [5.74, 6) is 0.923. The summed E-state index contributed by atoms with van der Waals surface area (Å²) in [6, 6.07) is 19.9. The summed E-state index contributed by atoms with van der Waals surface area (Å²) >= 11 is 0. The SMILES string of the molecule is N=CN=C(N)c1cc(N2CCOCC2)cc2c1nc(-c1ccccn1)n2-c1ccnc2ccccc12. The Labute approximate surface area is 207 Å². The molecule has 3 aromatic heterocycles. The summed E-state index contributed by atoms with van der Waals surface area (Å²) in [6.45, 7) is 2.85. The fourth-order valence-corrected chi connectivity index (χ4v) is 4.69. The third-order valence-corrected chi connectivity index (χ3v) is 6.36.